The fraction of sp³-hybridized carbons (Fsp3) is 0.278. The summed E-state index contributed by atoms with van der Waals surface area (Å²) in [6.07, 6.45) is 1.73. The predicted molar refractivity (Wildman–Crippen MR) is 97.6 cm³/mol. The van der Waals surface area contributed by atoms with Crippen LogP contribution in [0.4, 0.5) is 10.1 Å². The fourth-order valence-electron chi connectivity index (χ4n) is 3.20. The molecule has 1 saturated carbocycles. The number of sulfone groups is 1. The zero-order chi connectivity index (χ0) is 18.1. The van der Waals surface area contributed by atoms with Gasteiger partial charge in [0.1, 0.15) is 5.82 Å². The number of hydrogen-bond acceptors (Lipinski definition) is 3. The molecule has 4 nitrogen and oxygen atoms in total. The van der Waals surface area contributed by atoms with Gasteiger partial charge in [0.05, 0.1) is 10.6 Å². The van der Waals surface area contributed by atoms with Crippen molar-refractivity contribution in [2.24, 2.45) is 0 Å². The molecule has 3 rings (SSSR count). The molecular formula is C18H17BrFNO3S. The molecule has 0 bridgehead atoms. The van der Waals surface area contributed by atoms with Crippen molar-refractivity contribution in [1.82, 2.24) is 0 Å². The van der Waals surface area contributed by atoms with Crippen molar-refractivity contribution in [2.75, 3.05) is 5.32 Å². The summed E-state index contributed by atoms with van der Waals surface area (Å²) < 4.78 is 39.5. The van der Waals surface area contributed by atoms with Gasteiger partial charge in [-0.1, -0.05) is 40.9 Å². The average molecular weight is 426 g/mol. The highest BCUT2D eigenvalue weighted by molar-refractivity contribution is 9.10. The lowest BCUT2D eigenvalue weighted by Gasteiger charge is -2.27. The second kappa shape index (κ2) is 6.88. The Hall–Kier alpha value is -1.73. The van der Waals surface area contributed by atoms with Crippen LogP contribution in [0, 0.1) is 5.82 Å². The Balaban J connectivity index is 2.00. The molecule has 0 atom stereocenters. The first-order chi connectivity index (χ1) is 11.9. The van der Waals surface area contributed by atoms with Gasteiger partial charge in [0.25, 0.3) is 0 Å². The van der Waals surface area contributed by atoms with Gasteiger partial charge in [0.15, 0.2) is 14.6 Å². The maximum Gasteiger partial charge on any atom is 0.246 e. The largest absolute Gasteiger partial charge is 0.322 e. The first kappa shape index (κ1) is 18.1. The fourth-order valence-corrected chi connectivity index (χ4v) is 5.53. The van der Waals surface area contributed by atoms with Crippen LogP contribution in [0.5, 0.6) is 0 Å². The summed E-state index contributed by atoms with van der Waals surface area (Å²) in [5.41, 5.74) is -0.00946. The van der Waals surface area contributed by atoms with Gasteiger partial charge in [-0.2, -0.15) is 0 Å². The third-order valence-electron chi connectivity index (χ3n) is 4.59. The van der Waals surface area contributed by atoms with E-state index in [-0.39, 0.29) is 23.4 Å². The van der Waals surface area contributed by atoms with Crippen molar-refractivity contribution in [3.05, 3.63) is 58.8 Å². The molecule has 1 fully saturated rings. The lowest BCUT2D eigenvalue weighted by molar-refractivity contribution is -0.118. The van der Waals surface area contributed by atoms with Crippen LogP contribution < -0.4 is 5.32 Å². The number of carbonyl (C=O) groups excluding carboxylic acids is 1. The minimum atomic E-state index is -3.90. The van der Waals surface area contributed by atoms with E-state index in [1.54, 1.807) is 18.2 Å². The first-order valence-electron chi connectivity index (χ1n) is 7.93. The standard InChI is InChI=1S/C18H17BrFNO3S/c19-13-7-9-14(10-8-13)25(23,24)18(11-3-4-12-18)17(22)21-16-6-2-1-5-15(16)20/h1-2,5-10H,3-4,11-12H2,(H,21,22). The van der Waals surface area contributed by atoms with Crippen LogP contribution in [0.3, 0.4) is 0 Å². The van der Waals surface area contributed by atoms with Crippen molar-refractivity contribution in [1.29, 1.82) is 0 Å². The molecule has 2 aromatic carbocycles. The molecule has 0 heterocycles. The summed E-state index contributed by atoms with van der Waals surface area (Å²) in [6, 6.07) is 12.0. The molecular weight excluding hydrogens is 409 g/mol. The third kappa shape index (κ3) is 3.22. The van der Waals surface area contributed by atoms with Gasteiger partial charge < -0.3 is 5.32 Å². The Morgan fingerprint density at radius 3 is 2.24 bits per heavy atom. The summed E-state index contributed by atoms with van der Waals surface area (Å²) in [5, 5.41) is 2.48. The van der Waals surface area contributed by atoms with Crippen LogP contribution in [0.25, 0.3) is 0 Å². The molecule has 7 heteroatoms. The minimum absolute atomic E-state index is 0.00946. The number of hydrogen-bond donors (Lipinski definition) is 1. The SMILES string of the molecule is O=C(Nc1ccccc1F)C1(S(=O)(=O)c2ccc(Br)cc2)CCCC1. The number of halogens is 2. The summed E-state index contributed by atoms with van der Waals surface area (Å²) in [7, 11) is -3.90. The predicted octanol–water partition coefficient (Wildman–Crippen LogP) is 4.31. The van der Waals surface area contributed by atoms with Crippen LogP contribution in [0.1, 0.15) is 25.7 Å². The van der Waals surface area contributed by atoms with Crippen molar-refractivity contribution < 1.29 is 17.6 Å². The van der Waals surface area contributed by atoms with Crippen LogP contribution in [-0.2, 0) is 14.6 Å². The molecule has 25 heavy (non-hydrogen) atoms. The summed E-state index contributed by atoms with van der Waals surface area (Å²) in [4.78, 5) is 13.0. The van der Waals surface area contributed by atoms with E-state index < -0.39 is 26.3 Å². The molecule has 0 unspecified atom stereocenters. The second-order valence-electron chi connectivity index (χ2n) is 6.09. The van der Waals surface area contributed by atoms with E-state index in [1.165, 1.54) is 30.3 Å². The van der Waals surface area contributed by atoms with E-state index in [0.29, 0.717) is 12.8 Å². The van der Waals surface area contributed by atoms with Crippen LogP contribution >= 0.6 is 15.9 Å². The van der Waals surface area contributed by atoms with Gasteiger partial charge in [0.2, 0.25) is 5.91 Å². The van der Waals surface area contributed by atoms with E-state index >= 15 is 0 Å². The number of rotatable bonds is 4. The van der Waals surface area contributed by atoms with Crippen LogP contribution in [-0.4, -0.2) is 19.1 Å². The van der Waals surface area contributed by atoms with Gasteiger partial charge >= 0.3 is 0 Å². The summed E-state index contributed by atoms with van der Waals surface area (Å²) in [5.74, 6) is -1.26. The normalized spacial score (nSPS) is 16.6. The topological polar surface area (TPSA) is 63.2 Å². The molecule has 0 spiro atoms. The van der Waals surface area contributed by atoms with Crippen molar-refractivity contribution in [3.8, 4) is 0 Å². The molecule has 2 aromatic rings. The first-order valence-corrected chi connectivity index (χ1v) is 10.2. The average Bonchev–Trinajstić information content (AvgIpc) is 3.09. The second-order valence-corrected chi connectivity index (χ2v) is 9.27. The van der Waals surface area contributed by atoms with Crippen molar-refractivity contribution >= 4 is 37.4 Å². The lowest BCUT2D eigenvalue weighted by atomic mass is 10.1. The molecule has 0 saturated heterocycles. The third-order valence-corrected chi connectivity index (χ3v) is 7.63. The number of carbonyl (C=O) groups is 1. The number of para-hydroxylation sites is 1. The molecule has 1 amide bonds. The number of nitrogens with one attached hydrogen (secondary N) is 1. The highest BCUT2D eigenvalue weighted by atomic mass is 79.9. The highest BCUT2D eigenvalue weighted by Crippen LogP contribution is 2.41. The Morgan fingerprint density at radius 1 is 1.04 bits per heavy atom. The number of amides is 1. The Morgan fingerprint density at radius 2 is 1.64 bits per heavy atom. The molecule has 1 aliphatic carbocycles. The Labute approximate surface area is 154 Å². The smallest absolute Gasteiger partial charge is 0.246 e. The van der Waals surface area contributed by atoms with E-state index in [1.807, 2.05) is 0 Å². The molecule has 132 valence electrons. The Kier molecular flexibility index (Phi) is 4.97. The van der Waals surface area contributed by atoms with E-state index in [9.17, 15) is 17.6 Å². The van der Waals surface area contributed by atoms with Crippen LogP contribution in [0.2, 0.25) is 0 Å². The van der Waals surface area contributed by atoms with Gasteiger partial charge in [0, 0.05) is 4.47 Å². The number of benzene rings is 2. The van der Waals surface area contributed by atoms with Crippen molar-refractivity contribution in [2.45, 2.75) is 35.3 Å². The summed E-state index contributed by atoms with van der Waals surface area (Å²) in [6.45, 7) is 0. The maximum atomic E-state index is 13.9. The monoisotopic (exact) mass is 425 g/mol. The van der Waals surface area contributed by atoms with Crippen LogP contribution in [0.15, 0.2) is 57.9 Å². The molecule has 0 aromatic heterocycles. The molecule has 0 radical (unpaired) electrons. The van der Waals surface area contributed by atoms with E-state index in [4.69, 9.17) is 0 Å². The quantitative estimate of drug-likeness (QED) is 0.793. The maximum absolute atomic E-state index is 13.9. The summed E-state index contributed by atoms with van der Waals surface area (Å²) >= 11 is 3.27. The zero-order valence-electron chi connectivity index (χ0n) is 13.3. The van der Waals surface area contributed by atoms with Crippen molar-refractivity contribution in [3.63, 3.8) is 0 Å². The van der Waals surface area contributed by atoms with Gasteiger partial charge in [-0.3, -0.25) is 4.79 Å². The number of anilines is 1. The molecule has 0 aliphatic heterocycles. The molecule has 1 aliphatic rings. The highest BCUT2D eigenvalue weighted by Gasteiger charge is 2.53. The van der Waals surface area contributed by atoms with Gasteiger partial charge in [-0.05, 0) is 49.2 Å². The lowest BCUT2D eigenvalue weighted by Crippen LogP contribution is -2.47. The zero-order valence-corrected chi connectivity index (χ0v) is 15.7. The van der Waals surface area contributed by atoms with Gasteiger partial charge in [-0.25, -0.2) is 12.8 Å². The van der Waals surface area contributed by atoms with E-state index in [0.717, 1.165) is 4.47 Å². The minimum Gasteiger partial charge on any atom is -0.322 e. The van der Waals surface area contributed by atoms with E-state index in [2.05, 4.69) is 21.2 Å². The Bertz CT molecular complexity index is 891. The molecule has 1 N–H and O–H groups in total. The van der Waals surface area contributed by atoms with Gasteiger partial charge in [-0.15, -0.1) is 0 Å².